The first kappa shape index (κ1) is 14.7. The summed E-state index contributed by atoms with van der Waals surface area (Å²) in [4.78, 5) is 10.5. The molecule has 0 bridgehead atoms. The highest BCUT2D eigenvalue weighted by atomic mass is 16.5. The number of aryl methyl sites for hydroxylation is 1. The fourth-order valence-electron chi connectivity index (χ4n) is 1.75. The van der Waals surface area contributed by atoms with Crippen molar-refractivity contribution in [3.05, 3.63) is 11.4 Å². The van der Waals surface area contributed by atoms with Gasteiger partial charge in [0.05, 0.1) is 12.7 Å². The highest BCUT2D eigenvalue weighted by Gasteiger charge is 2.15. The number of hydrogen-bond donors (Lipinski definition) is 2. The molecule has 0 fully saturated rings. The predicted octanol–water partition coefficient (Wildman–Crippen LogP) is 0.373. The van der Waals surface area contributed by atoms with E-state index < -0.39 is 6.10 Å². The van der Waals surface area contributed by atoms with Gasteiger partial charge in [0.15, 0.2) is 0 Å². The average molecular weight is 254 g/mol. The molecule has 0 aliphatic carbocycles. The molecule has 0 aliphatic rings. The summed E-state index contributed by atoms with van der Waals surface area (Å²) in [6.07, 6.45) is 0.173. The molecule has 0 aromatic carbocycles. The predicted molar refractivity (Wildman–Crippen MR) is 71.7 cm³/mol. The van der Waals surface area contributed by atoms with Crippen molar-refractivity contribution in [1.82, 2.24) is 9.97 Å². The number of hydrogen-bond acceptors (Lipinski definition) is 6. The van der Waals surface area contributed by atoms with E-state index in [2.05, 4.69) is 9.97 Å². The molecule has 3 N–H and O–H groups in total. The lowest BCUT2D eigenvalue weighted by atomic mass is 10.2. The summed E-state index contributed by atoms with van der Waals surface area (Å²) in [6.45, 7) is 4.59. The zero-order valence-corrected chi connectivity index (χ0v) is 11.5. The number of nitrogens with zero attached hydrogens (tertiary/aromatic N) is 3. The number of aromatic nitrogens is 2. The lowest BCUT2D eigenvalue weighted by Gasteiger charge is -2.23. The quantitative estimate of drug-likeness (QED) is 0.763. The van der Waals surface area contributed by atoms with Gasteiger partial charge in [-0.1, -0.05) is 6.92 Å². The van der Waals surface area contributed by atoms with Crippen molar-refractivity contribution in [3.8, 4) is 0 Å². The van der Waals surface area contributed by atoms with Crippen molar-refractivity contribution in [2.45, 2.75) is 26.4 Å². The summed E-state index contributed by atoms with van der Waals surface area (Å²) >= 11 is 0. The van der Waals surface area contributed by atoms with Crippen molar-refractivity contribution < 1.29 is 9.84 Å². The maximum Gasteiger partial charge on any atom is 0.137 e. The van der Waals surface area contributed by atoms with Crippen LogP contribution in [0, 0.1) is 6.92 Å². The van der Waals surface area contributed by atoms with Gasteiger partial charge in [0.25, 0.3) is 0 Å². The third kappa shape index (κ3) is 3.54. The van der Waals surface area contributed by atoms with Crippen LogP contribution < -0.4 is 10.6 Å². The van der Waals surface area contributed by atoms with Crippen molar-refractivity contribution in [2.24, 2.45) is 0 Å². The number of rotatable bonds is 6. The molecule has 0 saturated carbocycles. The lowest BCUT2D eigenvalue weighted by Crippen LogP contribution is -2.33. The van der Waals surface area contributed by atoms with E-state index >= 15 is 0 Å². The molecule has 1 unspecified atom stereocenters. The molecule has 102 valence electrons. The van der Waals surface area contributed by atoms with Crippen LogP contribution >= 0.6 is 0 Å². The van der Waals surface area contributed by atoms with Crippen LogP contribution in [0.1, 0.15) is 18.3 Å². The Kier molecular flexibility index (Phi) is 5.30. The summed E-state index contributed by atoms with van der Waals surface area (Å²) < 4.78 is 4.91. The molecule has 0 saturated heterocycles. The Morgan fingerprint density at radius 1 is 1.44 bits per heavy atom. The Labute approximate surface area is 108 Å². The van der Waals surface area contributed by atoms with E-state index in [0.29, 0.717) is 24.8 Å². The third-order valence-corrected chi connectivity index (χ3v) is 2.73. The van der Waals surface area contributed by atoms with E-state index in [9.17, 15) is 5.11 Å². The summed E-state index contributed by atoms with van der Waals surface area (Å²) in [5.74, 6) is 1.96. The van der Waals surface area contributed by atoms with E-state index in [4.69, 9.17) is 10.5 Å². The first-order valence-corrected chi connectivity index (χ1v) is 6.00. The van der Waals surface area contributed by atoms with Crippen LogP contribution in [0.5, 0.6) is 0 Å². The van der Waals surface area contributed by atoms with Crippen molar-refractivity contribution in [1.29, 1.82) is 0 Å². The van der Waals surface area contributed by atoms with Gasteiger partial charge in [-0.3, -0.25) is 0 Å². The summed E-state index contributed by atoms with van der Waals surface area (Å²) in [6, 6.07) is 0. The fourth-order valence-corrected chi connectivity index (χ4v) is 1.75. The molecule has 0 amide bonds. The second-order valence-corrected chi connectivity index (χ2v) is 4.32. The molecular formula is C12H22N4O2. The van der Waals surface area contributed by atoms with E-state index in [1.807, 2.05) is 25.8 Å². The Bertz CT molecular complexity index is 398. The van der Waals surface area contributed by atoms with E-state index in [1.54, 1.807) is 7.11 Å². The topological polar surface area (TPSA) is 84.5 Å². The van der Waals surface area contributed by atoms with Crippen molar-refractivity contribution in [2.75, 3.05) is 37.9 Å². The second kappa shape index (κ2) is 6.51. The van der Waals surface area contributed by atoms with Crippen LogP contribution in [0.2, 0.25) is 0 Å². The molecule has 1 atom stereocenters. The largest absolute Gasteiger partial charge is 0.389 e. The standard InChI is InChI=1S/C12H22N4O2/c1-5-10-14-11(13)8(2)12(15-10)16(3)6-9(17)7-18-4/h9,17H,5-7H2,1-4H3,(H2,13,14,15). The number of likely N-dealkylation sites (N-methyl/N-ethyl adjacent to an activating group) is 1. The van der Waals surface area contributed by atoms with Crippen molar-refractivity contribution >= 4 is 11.6 Å². The van der Waals surface area contributed by atoms with Crippen molar-refractivity contribution in [3.63, 3.8) is 0 Å². The Morgan fingerprint density at radius 2 is 2.11 bits per heavy atom. The van der Waals surface area contributed by atoms with Gasteiger partial charge >= 0.3 is 0 Å². The number of aliphatic hydroxyl groups is 1. The SMILES string of the molecule is CCc1nc(N)c(C)c(N(C)CC(O)COC)n1. The number of aliphatic hydroxyl groups excluding tert-OH is 1. The third-order valence-electron chi connectivity index (χ3n) is 2.73. The number of nitrogen functional groups attached to an aromatic ring is 1. The molecule has 1 heterocycles. The van der Waals surface area contributed by atoms with Gasteiger partial charge in [-0.25, -0.2) is 9.97 Å². The first-order chi connectivity index (χ1) is 8.49. The minimum absolute atomic E-state index is 0.296. The van der Waals surface area contributed by atoms with E-state index in [-0.39, 0.29) is 0 Å². The summed E-state index contributed by atoms with van der Waals surface area (Å²) in [5.41, 5.74) is 6.69. The minimum atomic E-state index is -0.555. The number of anilines is 2. The zero-order valence-electron chi connectivity index (χ0n) is 11.5. The van der Waals surface area contributed by atoms with Gasteiger partial charge < -0.3 is 20.5 Å². The maximum absolute atomic E-state index is 9.73. The molecule has 6 nitrogen and oxygen atoms in total. The van der Waals surface area contributed by atoms with Gasteiger partial charge in [0, 0.05) is 32.7 Å². The lowest BCUT2D eigenvalue weighted by molar-refractivity contribution is 0.0694. The van der Waals surface area contributed by atoms with Gasteiger partial charge in [-0.05, 0) is 6.92 Å². The van der Waals surface area contributed by atoms with Crippen LogP contribution in [-0.2, 0) is 11.2 Å². The maximum atomic E-state index is 9.73. The summed E-state index contributed by atoms with van der Waals surface area (Å²) in [7, 11) is 3.43. The van der Waals surface area contributed by atoms with Crippen LogP contribution in [0.3, 0.4) is 0 Å². The Hall–Kier alpha value is -1.40. The number of nitrogens with two attached hydrogens (primary N) is 1. The van der Waals surface area contributed by atoms with Gasteiger partial charge in [0.1, 0.15) is 17.5 Å². The highest BCUT2D eigenvalue weighted by molar-refractivity contribution is 5.56. The zero-order chi connectivity index (χ0) is 13.7. The molecule has 1 rings (SSSR count). The average Bonchev–Trinajstić information content (AvgIpc) is 2.32. The number of methoxy groups -OCH3 is 1. The number of ether oxygens (including phenoxy) is 1. The van der Waals surface area contributed by atoms with Crippen LogP contribution in [0.15, 0.2) is 0 Å². The van der Waals surface area contributed by atoms with Crippen LogP contribution in [-0.4, -0.2) is 48.5 Å². The van der Waals surface area contributed by atoms with Crippen LogP contribution in [0.25, 0.3) is 0 Å². The molecule has 1 aromatic rings. The highest BCUT2D eigenvalue weighted by Crippen LogP contribution is 2.20. The van der Waals surface area contributed by atoms with E-state index in [0.717, 1.165) is 17.8 Å². The van der Waals surface area contributed by atoms with Gasteiger partial charge in [-0.2, -0.15) is 0 Å². The Balaban J connectivity index is 2.90. The monoisotopic (exact) mass is 254 g/mol. The fraction of sp³-hybridized carbons (Fsp3) is 0.667. The molecule has 18 heavy (non-hydrogen) atoms. The minimum Gasteiger partial charge on any atom is -0.389 e. The van der Waals surface area contributed by atoms with E-state index in [1.165, 1.54) is 0 Å². The second-order valence-electron chi connectivity index (χ2n) is 4.32. The molecular weight excluding hydrogens is 232 g/mol. The molecule has 1 aromatic heterocycles. The smallest absolute Gasteiger partial charge is 0.137 e. The van der Waals surface area contributed by atoms with Crippen LogP contribution in [0.4, 0.5) is 11.6 Å². The molecule has 0 spiro atoms. The summed E-state index contributed by atoms with van der Waals surface area (Å²) in [5, 5.41) is 9.73. The molecule has 0 aliphatic heterocycles. The van der Waals surface area contributed by atoms with Gasteiger partial charge in [-0.15, -0.1) is 0 Å². The first-order valence-electron chi connectivity index (χ1n) is 6.00. The Morgan fingerprint density at radius 3 is 2.67 bits per heavy atom. The molecule has 0 radical (unpaired) electrons. The normalized spacial score (nSPS) is 12.5. The van der Waals surface area contributed by atoms with Gasteiger partial charge in [0.2, 0.25) is 0 Å². The molecule has 6 heteroatoms.